The van der Waals surface area contributed by atoms with E-state index in [4.69, 9.17) is 14.2 Å². The second kappa shape index (κ2) is 9.35. The summed E-state index contributed by atoms with van der Waals surface area (Å²) < 4.78 is 17.7. The van der Waals surface area contributed by atoms with Gasteiger partial charge in [-0.15, -0.1) is 0 Å². The van der Waals surface area contributed by atoms with E-state index in [1.54, 1.807) is 0 Å². The van der Waals surface area contributed by atoms with E-state index in [0.29, 0.717) is 6.42 Å². The Kier molecular flexibility index (Phi) is 6.18. The van der Waals surface area contributed by atoms with Crippen molar-refractivity contribution in [3.8, 4) is 17.2 Å². The van der Waals surface area contributed by atoms with E-state index in [1.165, 1.54) is 6.08 Å². The van der Waals surface area contributed by atoms with Crippen molar-refractivity contribution >= 4 is 27.5 Å². The number of carbonyl (C=O) groups is 1. The summed E-state index contributed by atoms with van der Waals surface area (Å²) >= 11 is 0. The molecule has 31 heavy (non-hydrogen) atoms. The number of ether oxygens (including phenoxy) is 3. The van der Waals surface area contributed by atoms with Gasteiger partial charge < -0.3 is 14.2 Å². The molecule has 4 nitrogen and oxygen atoms in total. The average Bonchev–Trinajstić information content (AvgIpc) is 2.81. The van der Waals surface area contributed by atoms with Crippen molar-refractivity contribution < 1.29 is 19.0 Å². The van der Waals surface area contributed by atoms with Crippen LogP contribution in [0.5, 0.6) is 17.2 Å². The van der Waals surface area contributed by atoms with Gasteiger partial charge in [-0.25, -0.2) is 4.79 Å². The molecule has 0 heterocycles. The maximum absolute atomic E-state index is 11.6. The molecule has 0 N–H and O–H groups in total. The van der Waals surface area contributed by atoms with Crippen LogP contribution < -0.4 is 9.47 Å². The van der Waals surface area contributed by atoms with Crippen LogP contribution in [0.2, 0.25) is 0 Å². The predicted octanol–water partition coefficient (Wildman–Crippen LogP) is 6.67. The number of fused-ring (bicyclic) bond motifs is 2. The van der Waals surface area contributed by atoms with Crippen molar-refractivity contribution in [2.45, 2.75) is 19.4 Å². The van der Waals surface area contributed by atoms with Gasteiger partial charge in [-0.2, -0.15) is 0 Å². The summed E-state index contributed by atoms with van der Waals surface area (Å²) in [5.74, 6) is 1.80. The van der Waals surface area contributed by atoms with E-state index < -0.39 is 5.97 Å². The monoisotopic (exact) mass is 412 g/mol. The van der Waals surface area contributed by atoms with Gasteiger partial charge in [-0.05, 0) is 47.5 Å². The standard InChI is InChI=1S/C27H24O4/c1-3-21(31-26(28)4-2)18-29-27-24-13-9-8-10-19(24)16-20-14-15-23(17-25(20)27)30-22-11-6-5-7-12-22/h4-17,21H,2-3,18H2,1H3. The first-order chi connectivity index (χ1) is 15.2. The molecule has 1 unspecified atom stereocenters. The predicted molar refractivity (Wildman–Crippen MR) is 124 cm³/mol. The highest BCUT2D eigenvalue weighted by molar-refractivity contribution is 6.05. The van der Waals surface area contributed by atoms with Gasteiger partial charge in [-0.3, -0.25) is 0 Å². The average molecular weight is 412 g/mol. The lowest BCUT2D eigenvalue weighted by molar-refractivity contribution is -0.144. The fraction of sp³-hybridized carbons (Fsp3) is 0.148. The smallest absolute Gasteiger partial charge is 0.330 e. The number of esters is 1. The number of rotatable bonds is 8. The van der Waals surface area contributed by atoms with Crippen molar-refractivity contribution in [2.75, 3.05) is 6.61 Å². The minimum Gasteiger partial charge on any atom is -0.488 e. The molecule has 0 aliphatic rings. The topological polar surface area (TPSA) is 44.8 Å². The summed E-state index contributed by atoms with van der Waals surface area (Å²) in [6.07, 6.45) is 1.46. The van der Waals surface area contributed by atoms with Gasteiger partial charge in [0.15, 0.2) is 0 Å². The largest absolute Gasteiger partial charge is 0.488 e. The minimum absolute atomic E-state index is 0.253. The van der Waals surface area contributed by atoms with Crippen molar-refractivity contribution in [3.63, 3.8) is 0 Å². The molecule has 0 fully saturated rings. The molecule has 0 aliphatic heterocycles. The zero-order valence-corrected chi connectivity index (χ0v) is 17.4. The molecule has 0 amide bonds. The van der Waals surface area contributed by atoms with Crippen LogP contribution >= 0.6 is 0 Å². The molecule has 4 heteroatoms. The van der Waals surface area contributed by atoms with Crippen LogP contribution in [0.15, 0.2) is 91.5 Å². The molecule has 156 valence electrons. The fourth-order valence-corrected chi connectivity index (χ4v) is 3.47. The van der Waals surface area contributed by atoms with E-state index in [-0.39, 0.29) is 12.7 Å². The van der Waals surface area contributed by atoms with Gasteiger partial charge in [0.2, 0.25) is 0 Å². The third-order valence-electron chi connectivity index (χ3n) is 5.08. The van der Waals surface area contributed by atoms with Crippen LogP contribution in [0, 0.1) is 0 Å². The van der Waals surface area contributed by atoms with Crippen LogP contribution in [-0.4, -0.2) is 18.7 Å². The van der Waals surface area contributed by atoms with E-state index in [2.05, 4.69) is 18.7 Å². The molecule has 0 aliphatic carbocycles. The lowest BCUT2D eigenvalue weighted by atomic mass is 10.0. The van der Waals surface area contributed by atoms with Crippen LogP contribution in [0.1, 0.15) is 13.3 Å². The Bertz CT molecular complexity index is 1210. The maximum Gasteiger partial charge on any atom is 0.330 e. The van der Waals surface area contributed by atoms with E-state index in [0.717, 1.165) is 38.8 Å². The third-order valence-corrected chi connectivity index (χ3v) is 5.08. The minimum atomic E-state index is -0.447. The molecule has 0 saturated heterocycles. The Labute approximate surface area is 181 Å². The number of hydrogen-bond donors (Lipinski definition) is 0. The Morgan fingerprint density at radius 3 is 2.42 bits per heavy atom. The lowest BCUT2D eigenvalue weighted by Crippen LogP contribution is -2.23. The highest BCUT2D eigenvalue weighted by Crippen LogP contribution is 2.37. The summed E-state index contributed by atoms with van der Waals surface area (Å²) in [7, 11) is 0. The first kappa shape index (κ1) is 20.5. The third kappa shape index (κ3) is 4.69. The lowest BCUT2D eigenvalue weighted by Gasteiger charge is -2.19. The van der Waals surface area contributed by atoms with Crippen LogP contribution in [0.3, 0.4) is 0 Å². The van der Waals surface area contributed by atoms with Crippen LogP contribution in [0.25, 0.3) is 21.5 Å². The Morgan fingerprint density at radius 2 is 1.65 bits per heavy atom. The first-order valence-corrected chi connectivity index (χ1v) is 10.3. The molecule has 4 aromatic carbocycles. The molecule has 0 bridgehead atoms. The number of para-hydroxylation sites is 1. The zero-order valence-electron chi connectivity index (χ0n) is 17.4. The zero-order chi connectivity index (χ0) is 21.6. The molecule has 0 aromatic heterocycles. The highest BCUT2D eigenvalue weighted by Gasteiger charge is 2.15. The Balaban J connectivity index is 1.73. The summed E-state index contributed by atoms with van der Waals surface area (Å²) in [6, 6.07) is 25.9. The van der Waals surface area contributed by atoms with Crippen molar-refractivity contribution in [1.29, 1.82) is 0 Å². The number of carbonyl (C=O) groups excluding carboxylic acids is 1. The van der Waals surface area contributed by atoms with E-state index >= 15 is 0 Å². The normalized spacial score (nSPS) is 11.8. The Morgan fingerprint density at radius 1 is 0.903 bits per heavy atom. The SMILES string of the molecule is C=CC(=O)OC(CC)COc1c2ccccc2cc2ccc(Oc3ccccc3)cc12. The summed E-state index contributed by atoms with van der Waals surface area (Å²) in [4.78, 5) is 11.6. The van der Waals surface area contributed by atoms with Crippen molar-refractivity contribution in [3.05, 3.63) is 91.5 Å². The van der Waals surface area contributed by atoms with Gasteiger partial charge in [0, 0.05) is 16.8 Å². The van der Waals surface area contributed by atoms with Gasteiger partial charge in [0.25, 0.3) is 0 Å². The van der Waals surface area contributed by atoms with Gasteiger partial charge in [0.05, 0.1) is 0 Å². The highest BCUT2D eigenvalue weighted by atomic mass is 16.6. The van der Waals surface area contributed by atoms with Gasteiger partial charge >= 0.3 is 5.97 Å². The maximum atomic E-state index is 11.6. The molecule has 0 radical (unpaired) electrons. The molecule has 0 spiro atoms. The number of benzene rings is 4. The number of hydrogen-bond acceptors (Lipinski definition) is 4. The van der Waals surface area contributed by atoms with Crippen molar-refractivity contribution in [2.24, 2.45) is 0 Å². The van der Waals surface area contributed by atoms with Gasteiger partial charge in [0.1, 0.15) is 30.0 Å². The van der Waals surface area contributed by atoms with Crippen molar-refractivity contribution in [1.82, 2.24) is 0 Å². The van der Waals surface area contributed by atoms with E-state index in [9.17, 15) is 4.79 Å². The first-order valence-electron chi connectivity index (χ1n) is 10.3. The second-order valence-electron chi connectivity index (χ2n) is 7.21. The fourth-order valence-electron chi connectivity index (χ4n) is 3.47. The molecule has 1 atom stereocenters. The van der Waals surface area contributed by atoms with Crippen LogP contribution in [-0.2, 0) is 9.53 Å². The van der Waals surface area contributed by atoms with Gasteiger partial charge in [-0.1, -0.05) is 62.0 Å². The summed E-state index contributed by atoms with van der Waals surface area (Å²) in [5, 5.41) is 4.07. The summed E-state index contributed by atoms with van der Waals surface area (Å²) in [6.45, 7) is 5.67. The Hall–Kier alpha value is -3.79. The molecule has 4 aromatic rings. The summed E-state index contributed by atoms with van der Waals surface area (Å²) in [5.41, 5.74) is 0. The van der Waals surface area contributed by atoms with E-state index in [1.807, 2.05) is 73.7 Å². The quantitative estimate of drug-likeness (QED) is 0.184. The molecular weight excluding hydrogens is 388 g/mol. The van der Waals surface area contributed by atoms with Crippen LogP contribution in [0.4, 0.5) is 0 Å². The molecule has 4 rings (SSSR count). The molecule has 0 saturated carbocycles. The molecular formula is C27H24O4. The second-order valence-corrected chi connectivity index (χ2v) is 7.21.